The molecule has 2 aliphatic rings. The monoisotopic (exact) mass is 519 g/mol. The third kappa shape index (κ3) is 4.50. The standard InChI is InChI=1S/C25H34BrN3S2/c1-7-8-28-9-11-29(12-10-28)25-19-14-30-24(26)23(19)31-20-13-18(15(2)3)21(16(4)5)17(6)22(20)27-25/h13-16H,7-12H2,1-6H3. The minimum atomic E-state index is 0.493. The summed E-state index contributed by atoms with van der Waals surface area (Å²) in [5.41, 5.74) is 6.78. The molecule has 168 valence electrons. The lowest BCUT2D eigenvalue weighted by atomic mass is 9.86. The summed E-state index contributed by atoms with van der Waals surface area (Å²) in [6.07, 6.45) is 1.22. The first kappa shape index (κ1) is 23.3. The van der Waals surface area contributed by atoms with Crippen molar-refractivity contribution in [3.05, 3.63) is 37.5 Å². The summed E-state index contributed by atoms with van der Waals surface area (Å²) < 4.78 is 1.22. The molecule has 3 heterocycles. The van der Waals surface area contributed by atoms with E-state index in [-0.39, 0.29) is 0 Å². The topological polar surface area (TPSA) is 18.8 Å². The highest BCUT2D eigenvalue weighted by molar-refractivity contribution is 9.11. The van der Waals surface area contributed by atoms with Crippen LogP contribution in [-0.4, -0.2) is 48.4 Å². The first-order valence-electron chi connectivity index (χ1n) is 11.5. The fraction of sp³-hybridized carbons (Fsp3) is 0.560. The lowest BCUT2D eigenvalue weighted by Crippen LogP contribution is -2.49. The van der Waals surface area contributed by atoms with E-state index >= 15 is 0 Å². The highest BCUT2D eigenvalue weighted by Gasteiger charge is 2.29. The van der Waals surface area contributed by atoms with Crippen LogP contribution in [0, 0.1) is 6.92 Å². The van der Waals surface area contributed by atoms with Crippen molar-refractivity contribution >= 4 is 50.6 Å². The van der Waals surface area contributed by atoms with Gasteiger partial charge >= 0.3 is 0 Å². The Hall–Kier alpha value is -0.820. The average Bonchev–Trinajstić information content (AvgIpc) is 2.99. The largest absolute Gasteiger partial charge is 0.353 e. The number of benzene rings is 1. The summed E-state index contributed by atoms with van der Waals surface area (Å²) in [7, 11) is 0. The molecule has 0 saturated carbocycles. The number of rotatable bonds is 4. The van der Waals surface area contributed by atoms with Crippen LogP contribution < -0.4 is 0 Å². The summed E-state index contributed by atoms with van der Waals surface area (Å²) in [5.74, 6) is 2.16. The molecule has 0 unspecified atom stereocenters. The summed E-state index contributed by atoms with van der Waals surface area (Å²) >= 11 is 7.51. The predicted molar refractivity (Wildman–Crippen MR) is 140 cm³/mol. The normalized spacial score (nSPS) is 17.1. The molecule has 0 aliphatic carbocycles. The van der Waals surface area contributed by atoms with Gasteiger partial charge in [0.2, 0.25) is 0 Å². The van der Waals surface area contributed by atoms with Crippen LogP contribution in [0.2, 0.25) is 0 Å². The van der Waals surface area contributed by atoms with Crippen molar-refractivity contribution in [3.8, 4) is 0 Å². The van der Waals surface area contributed by atoms with Gasteiger partial charge in [0, 0.05) is 46.9 Å². The molecule has 1 aromatic heterocycles. The Labute approximate surface area is 204 Å². The maximum Gasteiger partial charge on any atom is 0.138 e. The number of halogens is 1. The first-order chi connectivity index (χ1) is 14.8. The minimum Gasteiger partial charge on any atom is -0.353 e. The number of thiophene rings is 1. The predicted octanol–water partition coefficient (Wildman–Crippen LogP) is 7.64. The van der Waals surface area contributed by atoms with Crippen molar-refractivity contribution in [1.82, 2.24) is 9.80 Å². The Kier molecular flexibility index (Phi) is 7.21. The molecule has 0 amide bonds. The van der Waals surface area contributed by atoms with Crippen LogP contribution in [0.3, 0.4) is 0 Å². The van der Waals surface area contributed by atoms with Crippen molar-refractivity contribution in [2.24, 2.45) is 4.99 Å². The second kappa shape index (κ2) is 9.58. The van der Waals surface area contributed by atoms with Gasteiger partial charge in [-0.1, -0.05) is 46.4 Å². The van der Waals surface area contributed by atoms with Crippen LogP contribution in [0.15, 0.2) is 30.0 Å². The van der Waals surface area contributed by atoms with Crippen LogP contribution >= 0.6 is 39.0 Å². The molecule has 6 heteroatoms. The van der Waals surface area contributed by atoms with Crippen LogP contribution in [0.4, 0.5) is 5.69 Å². The van der Waals surface area contributed by atoms with Gasteiger partial charge in [-0.25, -0.2) is 4.99 Å². The van der Waals surface area contributed by atoms with Crippen molar-refractivity contribution in [2.45, 2.75) is 69.6 Å². The molecule has 2 aliphatic heterocycles. The van der Waals surface area contributed by atoms with E-state index in [1.807, 2.05) is 11.8 Å². The molecule has 1 aromatic carbocycles. The highest BCUT2D eigenvalue weighted by atomic mass is 79.9. The minimum absolute atomic E-state index is 0.493. The third-order valence-electron chi connectivity index (χ3n) is 6.38. The van der Waals surface area contributed by atoms with Gasteiger partial charge in [0.25, 0.3) is 0 Å². The summed E-state index contributed by atoms with van der Waals surface area (Å²) in [6, 6.07) is 2.42. The van der Waals surface area contributed by atoms with E-state index in [1.165, 1.54) is 54.5 Å². The first-order valence-corrected chi connectivity index (χ1v) is 14.0. The SMILES string of the molecule is CCCN1CCN(C2=Nc3c(cc(C(C)C)c(C(C)C)c3C)Sc3c2csc3Br)CC1. The summed E-state index contributed by atoms with van der Waals surface area (Å²) in [4.78, 5) is 13.1. The number of piperazine rings is 1. The highest BCUT2D eigenvalue weighted by Crippen LogP contribution is 2.50. The van der Waals surface area contributed by atoms with Crippen molar-refractivity contribution in [3.63, 3.8) is 0 Å². The summed E-state index contributed by atoms with van der Waals surface area (Å²) in [6.45, 7) is 19.3. The Morgan fingerprint density at radius 3 is 2.42 bits per heavy atom. The van der Waals surface area contributed by atoms with Crippen molar-refractivity contribution in [1.29, 1.82) is 0 Å². The zero-order valence-corrected chi connectivity index (χ0v) is 22.8. The van der Waals surface area contributed by atoms with Crippen molar-refractivity contribution in [2.75, 3.05) is 32.7 Å². The fourth-order valence-corrected chi connectivity index (χ4v) is 7.65. The molecular formula is C25H34BrN3S2. The maximum atomic E-state index is 5.42. The quantitative estimate of drug-likeness (QED) is 0.413. The molecule has 2 aromatic rings. The molecule has 1 saturated heterocycles. The lowest BCUT2D eigenvalue weighted by Gasteiger charge is -2.36. The van der Waals surface area contributed by atoms with E-state index in [9.17, 15) is 0 Å². The van der Waals surface area contributed by atoms with Crippen LogP contribution in [0.1, 0.15) is 75.1 Å². The van der Waals surface area contributed by atoms with E-state index < -0.39 is 0 Å². The molecule has 0 radical (unpaired) electrons. The Balaban J connectivity index is 1.84. The molecule has 4 rings (SSSR count). The van der Waals surface area contributed by atoms with Gasteiger partial charge in [-0.2, -0.15) is 0 Å². The van der Waals surface area contributed by atoms with Gasteiger partial charge in [0.15, 0.2) is 0 Å². The molecule has 3 nitrogen and oxygen atoms in total. The Morgan fingerprint density at radius 1 is 1.10 bits per heavy atom. The van der Waals surface area contributed by atoms with E-state index in [1.54, 1.807) is 11.3 Å². The maximum absolute atomic E-state index is 5.42. The Bertz CT molecular complexity index is 985. The van der Waals surface area contributed by atoms with E-state index in [0.29, 0.717) is 11.8 Å². The molecule has 0 atom stereocenters. The molecular weight excluding hydrogens is 486 g/mol. The number of fused-ring (bicyclic) bond motifs is 2. The second-order valence-corrected chi connectivity index (χ2v) is 12.5. The van der Waals surface area contributed by atoms with E-state index in [0.717, 1.165) is 32.0 Å². The molecule has 31 heavy (non-hydrogen) atoms. The molecule has 0 bridgehead atoms. The van der Waals surface area contributed by atoms with E-state index in [4.69, 9.17) is 4.99 Å². The van der Waals surface area contributed by atoms with Crippen LogP contribution in [0.5, 0.6) is 0 Å². The number of nitrogens with zero attached hydrogens (tertiary/aromatic N) is 3. The molecule has 0 N–H and O–H groups in total. The van der Waals surface area contributed by atoms with E-state index in [2.05, 4.69) is 78.7 Å². The number of hydrogen-bond donors (Lipinski definition) is 0. The third-order valence-corrected chi connectivity index (χ3v) is 9.65. The number of aliphatic imine (C=N–C) groups is 1. The van der Waals surface area contributed by atoms with Crippen molar-refractivity contribution < 1.29 is 0 Å². The zero-order chi connectivity index (χ0) is 22.3. The number of amidine groups is 1. The van der Waals surface area contributed by atoms with Gasteiger partial charge in [-0.05, 0) is 70.4 Å². The summed E-state index contributed by atoms with van der Waals surface area (Å²) in [5, 5.41) is 2.29. The molecule has 1 fully saturated rings. The Morgan fingerprint density at radius 2 is 1.81 bits per heavy atom. The van der Waals surface area contributed by atoms with Crippen LogP contribution in [0.25, 0.3) is 0 Å². The zero-order valence-electron chi connectivity index (χ0n) is 19.6. The number of hydrogen-bond acceptors (Lipinski definition) is 5. The van der Waals surface area contributed by atoms with Gasteiger partial charge in [-0.3, -0.25) is 4.90 Å². The average molecular weight is 521 g/mol. The smallest absolute Gasteiger partial charge is 0.138 e. The second-order valence-electron chi connectivity index (χ2n) is 9.28. The van der Waals surface area contributed by atoms with Gasteiger partial charge in [0.05, 0.1) is 9.47 Å². The fourth-order valence-electron chi connectivity index (χ4n) is 4.87. The van der Waals surface area contributed by atoms with Gasteiger partial charge < -0.3 is 4.90 Å². The lowest BCUT2D eigenvalue weighted by molar-refractivity contribution is 0.182. The van der Waals surface area contributed by atoms with Gasteiger partial charge in [0.1, 0.15) is 5.84 Å². The van der Waals surface area contributed by atoms with Gasteiger partial charge in [-0.15, -0.1) is 11.3 Å². The molecule has 0 spiro atoms. The van der Waals surface area contributed by atoms with Crippen LogP contribution in [-0.2, 0) is 0 Å².